The van der Waals surface area contributed by atoms with Gasteiger partial charge in [0.25, 0.3) is 0 Å². The zero-order valence-electron chi connectivity index (χ0n) is 18.8. The fourth-order valence-corrected chi connectivity index (χ4v) is 3.71. The Balaban J connectivity index is 0.00000363. The number of benzene rings is 1. The van der Waals surface area contributed by atoms with Gasteiger partial charge in [-0.2, -0.15) is 5.10 Å². The van der Waals surface area contributed by atoms with E-state index < -0.39 is 0 Å². The van der Waals surface area contributed by atoms with Crippen molar-refractivity contribution in [1.29, 1.82) is 0 Å². The number of anilines is 1. The first kappa shape index (κ1) is 26.1. The molecule has 0 bridgehead atoms. The van der Waals surface area contributed by atoms with Gasteiger partial charge in [0.15, 0.2) is 5.96 Å². The zero-order chi connectivity index (χ0) is 21.7. The molecule has 9 heteroatoms. The molecule has 1 aliphatic carbocycles. The molecular formula is C23H35IN6O2. The average Bonchev–Trinajstić information content (AvgIpc) is 3.14. The second kappa shape index (κ2) is 14.8. The van der Waals surface area contributed by atoms with E-state index in [1.54, 1.807) is 30.2 Å². The van der Waals surface area contributed by atoms with E-state index >= 15 is 0 Å². The molecule has 0 radical (unpaired) electrons. The van der Waals surface area contributed by atoms with Crippen LogP contribution in [-0.4, -0.2) is 48.0 Å². The summed E-state index contributed by atoms with van der Waals surface area (Å²) in [6.07, 6.45) is 11.4. The monoisotopic (exact) mass is 554 g/mol. The number of nitrogens with one attached hydrogen (secondary N) is 3. The van der Waals surface area contributed by atoms with Crippen LogP contribution in [0.5, 0.6) is 0 Å². The Bertz CT molecular complexity index is 820. The minimum Gasteiger partial charge on any atom is -0.376 e. The lowest BCUT2D eigenvalue weighted by Crippen LogP contribution is -2.38. The van der Waals surface area contributed by atoms with Crippen LogP contribution in [-0.2, 0) is 22.6 Å². The van der Waals surface area contributed by atoms with Crippen molar-refractivity contribution in [3.63, 3.8) is 0 Å². The van der Waals surface area contributed by atoms with Crippen LogP contribution in [0, 0.1) is 0 Å². The number of nitrogens with zero attached hydrogens (tertiary/aromatic N) is 3. The molecular weight excluding hydrogens is 519 g/mol. The van der Waals surface area contributed by atoms with Gasteiger partial charge in [0, 0.05) is 38.2 Å². The summed E-state index contributed by atoms with van der Waals surface area (Å²) in [5.74, 6) is 0.623. The number of carbonyl (C=O) groups is 1. The maximum Gasteiger partial charge on any atom is 0.246 e. The van der Waals surface area contributed by atoms with Gasteiger partial charge < -0.3 is 20.7 Å². The van der Waals surface area contributed by atoms with Crippen molar-refractivity contribution in [2.75, 3.05) is 25.5 Å². The van der Waals surface area contributed by atoms with Crippen molar-refractivity contribution in [3.8, 4) is 0 Å². The highest BCUT2D eigenvalue weighted by Crippen LogP contribution is 2.19. The third-order valence-electron chi connectivity index (χ3n) is 5.31. The Labute approximate surface area is 207 Å². The first-order valence-corrected chi connectivity index (χ1v) is 11.2. The Morgan fingerprint density at radius 1 is 1.19 bits per heavy atom. The Morgan fingerprint density at radius 3 is 2.72 bits per heavy atom. The van der Waals surface area contributed by atoms with Crippen LogP contribution >= 0.6 is 24.0 Å². The molecule has 3 N–H and O–H groups in total. The van der Waals surface area contributed by atoms with Gasteiger partial charge in [0.05, 0.1) is 12.7 Å². The molecule has 1 fully saturated rings. The van der Waals surface area contributed by atoms with Crippen molar-refractivity contribution in [3.05, 3.63) is 48.3 Å². The van der Waals surface area contributed by atoms with Crippen molar-refractivity contribution in [1.82, 2.24) is 20.4 Å². The summed E-state index contributed by atoms with van der Waals surface area (Å²) in [4.78, 5) is 16.4. The minimum atomic E-state index is -0.111. The molecule has 32 heavy (non-hydrogen) atoms. The second-order valence-corrected chi connectivity index (χ2v) is 7.79. The topological polar surface area (TPSA) is 92.6 Å². The van der Waals surface area contributed by atoms with E-state index in [2.05, 4.69) is 26.0 Å². The van der Waals surface area contributed by atoms with Gasteiger partial charge in [-0.1, -0.05) is 37.8 Å². The van der Waals surface area contributed by atoms with E-state index in [0.29, 0.717) is 19.3 Å². The second-order valence-electron chi connectivity index (χ2n) is 7.79. The van der Waals surface area contributed by atoms with E-state index in [1.165, 1.54) is 38.5 Å². The highest BCUT2D eigenvalue weighted by Gasteiger charge is 2.12. The molecule has 0 unspecified atom stereocenters. The highest BCUT2D eigenvalue weighted by atomic mass is 127. The van der Waals surface area contributed by atoms with Gasteiger partial charge in [-0.3, -0.25) is 14.5 Å². The van der Waals surface area contributed by atoms with E-state index in [9.17, 15) is 4.79 Å². The maximum atomic E-state index is 12.2. The number of guanidine groups is 1. The van der Waals surface area contributed by atoms with Gasteiger partial charge in [-0.25, -0.2) is 0 Å². The SMILES string of the molecule is CN=C(NCCOC1CCCCCC1)NCc1cccc(NC(=O)Cn2cccn2)c1.I. The molecule has 1 heterocycles. The number of rotatable bonds is 9. The largest absolute Gasteiger partial charge is 0.376 e. The molecule has 0 aliphatic heterocycles. The number of aliphatic imine (C=N–C) groups is 1. The molecule has 2 aromatic rings. The van der Waals surface area contributed by atoms with E-state index in [4.69, 9.17) is 4.74 Å². The standard InChI is InChI=1S/C23H34N6O2.HI/c1-24-23(25-13-15-31-21-10-4-2-3-5-11-21)26-17-19-8-6-9-20(16-19)28-22(30)18-29-14-7-12-27-29;/h6-9,12,14,16,21H,2-5,10-11,13,15,17-18H2,1H3,(H,28,30)(H2,24,25,26);1H. The summed E-state index contributed by atoms with van der Waals surface area (Å²) >= 11 is 0. The molecule has 1 aliphatic rings. The Kier molecular flexibility index (Phi) is 12.1. The summed E-state index contributed by atoms with van der Waals surface area (Å²) in [6.45, 7) is 2.20. The molecule has 0 spiro atoms. The lowest BCUT2D eigenvalue weighted by molar-refractivity contribution is -0.116. The normalized spacial score (nSPS) is 14.8. The van der Waals surface area contributed by atoms with Crippen LogP contribution in [0.15, 0.2) is 47.7 Å². The van der Waals surface area contributed by atoms with Crippen LogP contribution in [0.2, 0.25) is 0 Å². The van der Waals surface area contributed by atoms with Crippen molar-refractivity contribution in [2.45, 2.75) is 57.7 Å². The van der Waals surface area contributed by atoms with Gasteiger partial charge in [-0.15, -0.1) is 24.0 Å². The molecule has 0 atom stereocenters. The lowest BCUT2D eigenvalue weighted by atomic mass is 10.1. The first-order chi connectivity index (χ1) is 15.2. The van der Waals surface area contributed by atoms with E-state index in [1.807, 2.05) is 24.3 Å². The number of ether oxygens (including phenoxy) is 1. The quantitative estimate of drug-likeness (QED) is 0.145. The van der Waals surface area contributed by atoms with Gasteiger partial charge >= 0.3 is 0 Å². The molecule has 176 valence electrons. The van der Waals surface area contributed by atoms with Crippen molar-refractivity contribution >= 4 is 41.5 Å². The number of amides is 1. The van der Waals surface area contributed by atoms with E-state index in [-0.39, 0.29) is 36.4 Å². The molecule has 1 aromatic carbocycles. The number of hydrogen-bond acceptors (Lipinski definition) is 4. The van der Waals surface area contributed by atoms with Crippen LogP contribution in [0.25, 0.3) is 0 Å². The first-order valence-electron chi connectivity index (χ1n) is 11.2. The van der Waals surface area contributed by atoms with Gasteiger partial charge in [-0.05, 0) is 36.6 Å². The molecule has 1 saturated carbocycles. The Hall–Kier alpha value is -2.14. The molecule has 0 saturated heterocycles. The fraction of sp³-hybridized carbons (Fsp3) is 0.522. The van der Waals surface area contributed by atoms with Crippen molar-refractivity contribution < 1.29 is 9.53 Å². The predicted molar refractivity (Wildman–Crippen MR) is 138 cm³/mol. The Morgan fingerprint density at radius 2 is 2.00 bits per heavy atom. The average molecular weight is 554 g/mol. The maximum absolute atomic E-state index is 12.2. The molecule has 3 rings (SSSR count). The van der Waals surface area contributed by atoms with Crippen LogP contribution in [0.1, 0.15) is 44.1 Å². The number of aromatic nitrogens is 2. The lowest BCUT2D eigenvalue weighted by Gasteiger charge is -2.17. The smallest absolute Gasteiger partial charge is 0.246 e. The van der Waals surface area contributed by atoms with Gasteiger partial charge in [0.1, 0.15) is 6.54 Å². The zero-order valence-corrected chi connectivity index (χ0v) is 21.1. The van der Waals surface area contributed by atoms with Crippen LogP contribution in [0.3, 0.4) is 0 Å². The summed E-state index contributed by atoms with van der Waals surface area (Å²) in [6, 6.07) is 9.57. The van der Waals surface area contributed by atoms with Crippen LogP contribution in [0.4, 0.5) is 5.69 Å². The molecule has 8 nitrogen and oxygen atoms in total. The third-order valence-corrected chi connectivity index (χ3v) is 5.31. The number of carbonyl (C=O) groups excluding carboxylic acids is 1. The summed E-state index contributed by atoms with van der Waals surface area (Å²) in [5.41, 5.74) is 1.81. The number of hydrogen-bond donors (Lipinski definition) is 3. The highest BCUT2D eigenvalue weighted by molar-refractivity contribution is 14.0. The predicted octanol–water partition coefficient (Wildman–Crippen LogP) is 3.54. The van der Waals surface area contributed by atoms with Crippen molar-refractivity contribution in [2.24, 2.45) is 4.99 Å². The van der Waals surface area contributed by atoms with Crippen LogP contribution < -0.4 is 16.0 Å². The summed E-state index contributed by atoms with van der Waals surface area (Å²) < 4.78 is 7.61. The molecule has 1 amide bonds. The number of halogens is 1. The minimum absolute atomic E-state index is 0. The fourth-order valence-electron chi connectivity index (χ4n) is 3.71. The summed E-state index contributed by atoms with van der Waals surface area (Å²) in [5, 5.41) is 13.6. The third kappa shape index (κ3) is 9.56. The van der Waals surface area contributed by atoms with Gasteiger partial charge in [0.2, 0.25) is 5.91 Å². The summed E-state index contributed by atoms with van der Waals surface area (Å²) in [7, 11) is 1.76. The molecule has 1 aromatic heterocycles. The van der Waals surface area contributed by atoms with E-state index in [0.717, 1.165) is 23.8 Å².